The molecule has 6 nitrogen and oxygen atoms in total. The van der Waals surface area contributed by atoms with Gasteiger partial charge in [0.2, 0.25) is 0 Å². The van der Waals surface area contributed by atoms with Gasteiger partial charge >= 0.3 is 6.18 Å². The van der Waals surface area contributed by atoms with Crippen LogP contribution in [0.2, 0.25) is 0 Å². The van der Waals surface area contributed by atoms with Crippen LogP contribution in [-0.2, 0) is 0 Å². The number of nitriles is 1. The van der Waals surface area contributed by atoms with Crippen molar-refractivity contribution in [3.05, 3.63) is 39.6 Å². The SMILES string of the molecule is Cc1sc(C#N)cc1-c1cc(C)n2cnc(C(=O)NC(C3CC3)C(F)(F)F)c2n1. The van der Waals surface area contributed by atoms with Crippen LogP contribution in [0.1, 0.15) is 38.8 Å². The van der Waals surface area contributed by atoms with Gasteiger partial charge in [-0.2, -0.15) is 18.4 Å². The van der Waals surface area contributed by atoms with Gasteiger partial charge in [0.15, 0.2) is 11.3 Å². The van der Waals surface area contributed by atoms with Crippen molar-refractivity contribution in [2.45, 2.75) is 38.9 Å². The number of amides is 1. The first kappa shape index (κ1) is 19.4. The highest BCUT2D eigenvalue weighted by Gasteiger charge is 2.50. The van der Waals surface area contributed by atoms with Gasteiger partial charge in [0, 0.05) is 16.1 Å². The average molecular weight is 419 g/mol. The molecule has 0 saturated heterocycles. The largest absolute Gasteiger partial charge is 0.408 e. The molecule has 0 radical (unpaired) electrons. The van der Waals surface area contributed by atoms with Gasteiger partial charge in [-0.3, -0.25) is 9.20 Å². The third-order valence-electron chi connectivity index (χ3n) is 4.95. The average Bonchev–Trinajstić information content (AvgIpc) is 3.27. The fourth-order valence-corrected chi connectivity index (χ4v) is 4.14. The Labute approximate surface area is 168 Å². The second-order valence-electron chi connectivity index (χ2n) is 7.09. The van der Waals surface area contributed by atoms with Gasteiger partial charge in [-0.15, -0.1) is 11.3 Å². The van der Waals surface area contributed by atoms with E-state index >= 15 is 0 Å². The summed E-state index contributed by atoms with van der Waals surface area (Å²) >= 11 is 1.33. The predicted molar refractivity (Wildman–Crippen MR) is 101 cm³/mol. The summed E-state index contributed by atoms with van der Waals surface area (Å²) in [4.78, 5) is 22.5. The lowest BCUT2D eigenvalue weighted by molar-refractivity contribution is -0.158. The van der Waals surface area contributed by atoms with Crippen molar-refractivity contribution >= 4 is 22.9 Å². The Morgan fingerprint density at radius 2 is 2.10 bits per heavy atom. The molecule has 1 fully saturated rings. The van der Waals surface area contributed by atoms with E-state index in [9.17, 15) is 18.0 Å². The van der Waals surface area contributed by atoms with Gasteiger partial charge in [0.05, 0.1) is 5.69 Å². The Bertz CT molecular complexity index is 1150. The molecule has 1 unspecified atom stereocenters. The van der Waals surface area contributed by atoms with Crippen molar-refractivity contribution in [1.29, 1.82) is 5.26 Å². The Balaban J connectivity index is 1.74. The molecular weight excluding hydrogens is 403 g/mol. The fourth-order valence-electron chi connectivity index (χ4n) is 3.32. The van der Waals surface area contributed by atoms with Crippen molar-refractivity contribution in [2.75, 3.05) is 0 Å². The van der Waals surface area contributed by atoms with E-state index in [4.69, 9.17) is 5.26 Å². The summed E-state index contributed by atoms with van der Waals surface area (Å²) < 4.78 is 41.4. The molecule has 1 saturated carbocycles. The van der Waals surface area contributed by atoms with E-state index < -0.39 is 24.0 Å². The number of aryl methyl sites for hydroxylation is 2. The lowest BCUT2D eigenvalue weighted by Crippen LogP contribution is -2.47. The van der Waals surface area contributed by atoms with Crippen LogP contribution in [-0.4, -0.2) is 32.5 Å². The zero-order valence-corrected chi connectivity index (χ0v) is 16.4. The van der Waals surface area contributed by atoms with Gasteiger partial charge in [-0.05, 0) is 44.7 Å². The third kappa shape index (κ3) is 3.58. The Morgan fingerprint density at radius 3 is 2.69 bits per heavy atom. The smallest absolute Gasteiger partial charge is 0.339 e. The lowest BCUT2D eigenvalue weighted by Gasteiger charge is -2.20. The topological polar surface area (TPSA) is 83.1 Å². The highest BCUT2D eigenvalue weighted by molar-refractivity contribution is 7.13. The van der Waals surface area contributed by atoms with E-state index in [0.717, 1.165) is 16.1 Å². The number of nitrogens with one attached hydrogen (secondary N) is 1. The second-order valence-corrected chi connectivity index (χ2v) is 8.35. The van der Waals surface area contributed by atoms with Gasteiger partial charge in [-0.25, -0.2) is 9.97 Å². The number of carbonyl (C=O) groups excluding carboxylic acids is 1. The number of fused-ring (bicyclic) bond motifs is 1. The maximum absolute atomic E-state index is 13.3. The molecule has 1 amide bonds. The maximum atomic E-state index is 13.3. The van der Waals surface area contributed by atoms with Gasteiger partial charge in [0.1, 0.15) is 23.3 Å². The molecule has 0 aliphatic heterocycles. The molecule has 0 bridgehead atoms. The standard InChI is InChI=1S/C19H16F3N5OS/c1-9-5-14(13-6-12(7-23)29-10(13)2)25-17-15(24-8-27(9)17)18(28)26-16(11-3-4-11)19(20,21)22/h5-6,8,11,16H,3-4H2,1-2H3,(H,26,28). The fraction of sp³-hybridized carbons (Fsp3) is 0.368. The van der Waals surface area contributed by atoms with Crippen molar-refractivity contribution in [3.8, 4) is 17.3 Å². The van der Waals surface area contributed by atoms with E-state index in [0.29, 0.717) is 23.4 Å². The molecule has 1 N–H and O–H groups in total. The Morgan fingerprint density at radius 1 is 1.38 bits per heavy atom. The van der Waals surface area contributed by atoms with Crippen molar-refractivity contribution in [3.63, 3.8) is 0 Å². The summed E-state index contributed by atoms with van der Waals surface area (Å²) in [5.41, 5.74) is 2.03. The molecule has 3 aromatic rings. The molecule has 0 spiro atoms. The molecule has 0 aromatic carbocycles. The maximum Gasteiger partial charge on any atom is 0.408 e. The first-order valence-electron chi connectivity index (χ1n) is 8.92. The summed E-state index contributed by atoms with van der Waals surface area (Å²) in [6.07, 6.45) is -2.26. The molecule has 3 aromatic heterocycles. The zero-order chi connectivity index (χ0) is 20.9. The number of nitrogens with zero attached hydrogens (tertiary/aromatic N) is 4. The van der Waals surface area contributed by atoms with E-state index in [1.165, 1.54) is 17.7 Å². The van der Waals surface area contributed by atoms with E-state index in [1.807, 2.05) is 6.92 Å². The van der Waals surface area contributed by atoms with Gasteiger partial charge < -0.3 is 5.32 Å². The first-order valence-corrected chi connectivity index (χ1v) is 9.74. The molecule has 29 heavy (non-hydrogen) atoms. The minimum atomic E-state index is -4.51. The number of halogens is 3. The van der Waals surface area contributed by atoms with Crippen LogP contribution in [0.15, 0.2) is 18.5 Å². The summed E-state index contributed by atoms with van der Waals surface area (Å²) in [5.74, 6) is -1.48. The van der Waals surface area contributed by atoms with Crippen molar-refractivity contribution in [2.24, 2.45) is 5.92 Å². The summed E-state index contributed by atoms with van der Waals surface area (Å²) in [6, 6.07) is 3.70. The predicted octanol–water partition coefficient (Wildman–Crippen LogP) is 4.02. The van der Waals surface area contributed by atoms with E-state index in [-0.39, 0.29) is 11.3 Å². The van der Waals surface area contributed by atoms with E-state index in [2.05, 4.69) is 21.4 Å². The normalized spacial score (nSPS) is 15.3. The lowest BCUT2D eigenvalue weighted by atomic mass is 10.1. The molecule has 4 rings (SSSR count). The summed E-state index contributed by atoms with van der Waals surface area (Å²) in [7, 11) is 0. The monoisotopic (exact) mass is 419 g/mol. The molecular formula is C19H16F3N5OS. The van der Waals surface area contributed by atoms with Crippen LogP contribution >= 0.6 is 11.3 Å². The number of imidazole rings is 1. The summed E-state index contributed by atoms with van der Waals surface area (Å²) in [5, 5.41) is 11.2. The minimum Gasteiger partial charge on any atom is -0.339 e. The van der Waals surface area contributed by atoms with Crippen molar-refractivity contribution < 1.29 is 18.0 Å². The number of aromatic nitrogens is 3. The van der Waals surface area contributed by atoms with Crippen LogP contribution < -0.4 is 5.32 Å². The van der Waals surface area contributed by atoms with E-state index in [1.54, 1.807) is 23.5 Å². The number of alkyl halides is 3. The number of hydrogen-bond acceptors (Lipinski definition) is 5. The molecule has 3 heterocycles. The first-order chi connectivity index (χ1) is 13.7. The second kappa shape index (κ2) is 6.84. The molecule has 1 aliphatic rings. The Kier molecular flexibility index (Phi) is 4.58. The zero-order valence-electron chi connectivity index (χ0n) is 15.5. The number of thiophene rings is 1. The van der Waals surface area contributed by atoms with Crippen LogP contribution in [0, 0.1) is 31.1 Å². The Hall–Kier alpha value is -2.93. The van der Waals surface area contributed by atoms with Gasteiger partial charge in [-0.1, -0.05) is 0 Å². The highest BCUT2D eigenvalue weighted by Crippen LogP contribution is 2.40. The highest BCUT2D eigenvalue weighted by atomic mass is 32.1. The van der Waals surface area contributed by atoms with Crippen LogP contribution in [0.4, 0.5) is 13.2 Å². The van der Waals surface area contributed by atoms with Crippen LogP contribution in [0.3, 0.4) is 0 Å². The summed E-state index contributed by atoms with van der Waals surface area (Å²) in [6.45, 7) is 3.65. The van der Waals surface area contributed by atoms with Gasteiger partial charge in [0.25, 0.3) is 5.91 Å². The minimum absolute atomic E-state index is 0.154. The number of hydrogen-bond donors (Lipinski definition) is 1. The van der Waals surface area contributed by atoms with Crippen LogP contribution in [0.5, 0.6) is 0 Å². The molecule has 1 aliphatic carbocycles. The molecule has 150 valence electrons. The number of carbonyl (C=O) groups is 1. The molecule has 10 heteroatoms. The molecule has 1 atom stereocenters. The third-order valence-corrected chi connectivity index (χ3v) is 5.90. The van der Waals surface area contributed by atoms with Crippen LogP contribution in [0.25, 0.3) is 16.9 Å². The quantitative estimate of drug-likeness (QED) is 0.693. The van der Waals surface area contributed by atoms with Crippen molar-refractivity contribution in [1.82, 2.24) is 19.7 Å². The number of rotatable bonds is 4.